The molecule has 0 spiro atoms. The van der Waals surface area contributed by atoms with Crippen molar-refractivity contribution in [2.45, 2.75) is 31.3 Å². The Morgan fingerprint density at radius 3 is 2.65 bits per heavy atom. The summed E-state index contributed by atoms with van der Waals surface area (Å²) in [5.74, 6) is -1.18. The second-order valence-corrected chi connectivity index (χ2v) is 7.67. The molecule has 3 N–H and O–H groups in total. The van der Waals surface area contributed by atoms with Gasteiger partial charge in [0.2, 0.25) is 5.43 Å². The zero-order valence-corrected chi connectivity index (χ0v) is 16.1. The Hall–Kier alpha value is -2.16. The molecule has 0 radical (unpaired) electrons. The molecule has 2 aromatic rings. The SMILES string of the molecule is CC(C)NC(=O)c1c(O)c(=O)cc(CNS(=O)c2cccc(Cl)c2)n1C. The van der Waals surface area contributed by atoms with Crippen molar-refractivity contribution in [1.82, 2.24) is 14.6 Å². The zero-order chi connectivity index (χ0) is 19.4. The van der Waals surface area contributed by atoms with Crippen molar-refractivity contribution in [2.24, 2.45) is 7.05 Å². The summed E-state index contributed by atoms with van der Waals surface area (Å²) in [6, 6.07) is 7.63. The number of hydrogen-bond donors (Lipinski definition) is 3. The number of pyridine rings is 1. The fourth-order valence-electron chi connectivity index (χ4n) is 2.30. The van der Waals surface area contributed by atoms with Crippen molar-refractivity contribution in [1.29, 1.82) is 0 Å². The quantitative estimate of drug-likeness (QED) is 0.690. The third kappa shape index (κ3) is 4.72. The summed E-state index contributed by atoms with van der Waals surface area (Å²) in [4.78, 5) is 24.8. The smallest absolute Gasteiger partial charge is 0.272 e. The van der Waals surface area contributed by atoms with Crippen LogP contribution in [0.1, 0.15) is 30.0 Å². The molecule has 0 aliphatic rings. The van der Waals surface area contributed by atoms with Crippen LogP contribution < -0.4 is 15.5 Å². The summed E-state index contributed by atoms with van der Waals surface area (Å²) in [6.45, 7) is 3.59. The average Bonchev–Trinajstić information content (AvgIpc) is 2.56. The predicted octanol–water partition coefficient (Wildman–Crippen LogP) is 1.69. The second kappa shape index (κ2) is 8.48. The Morgan fingerprint density at radius 1 is 1.35 bits per heavy atom. The lowest BCUT2D eigenvalue weighted by atomic mass is 10.2. The standard InChI is InChI=1S/C17H20ClN3O4S/c1-10(2)20-17(24)15-16(23)14(22)8-12(21(15)3)9-19-26(25)13-6-4-5-11(18)7-13/h4-8,10,19,23H,9H2,1-3H3,(H,20,24). The molecule has 26 heavy (non-hydrogen) atoms. The normalized spacial score (nSPS) is 12.2. The monoisotopic (exact) mass is 397 g/mol. The molecule has 1 aromatic carbocycles. The van der Waals surface area contributed by atoms with Gasteiger partial charge >= 0.3 is 0 Å². The Bertz CT molecular complexity index is 911. The van der Waals surface area contributed by atoms with E-state index in [1.165, 1.54) is 10.6 Å². The number of carbonyl (C=O) groups excluding carboxylic acids is 1. The van der Waals surface area contributed by atoms with Crippen LogP contribution in [-0.2, 0) is 24.6 Å². The van der Waals surface area contributed by atoms with Crippen LogP contribution in [0.5, 0.6) is 5.75 Å². The first-order valence-corrected chi connectivity index (χ1v) is 9.37. The molecule has 1 amide bonds. The summed E-state index contributed by atoms with van der Waals surface area (Å²) < 4.78 is 16.5. The van der Waals surface area contributed by atoms with E-state index in [1.54, 1.807) is 45.2 Å². The van der Waals surface area contributed by atoms with E-state index in [-0.39, 0.29) is 18.3 Å². The summed E-state index contributed by atoms with van der Waals surface area (Å²) in [5, 5.41) is 13.1. The molecule has 0 saturated carbocycles. The van der Waals surface area contributed by atoms with E-state index in [2.05, 4.69) is 10.0 Å². The predicted molar refractivity (Wildman–Crippen MR) is 101 cm³/mol. The summed E-state index contributed by atoms with van der Waals surface area (Å²) in [6.07, 6.45) is 0. The first kappa shape index (κ1) is 20.2. The number of rotatable bonds is 6. The number of aromatic hydroxyl groups is 1. The van der Waals surface area contributed by atoms with Gasteiger partial charge in [-0.3, -0.25) is 9.59 Å². The average molecular weight is 398 g/mol. The van der Waals surface area contributed by atoms with Crippen LogP contribution in [0.2, 0.25) is 5.02 Å². The van der Waals surface area contributed by atoms with Gasteiger partial charge in [-0.25, -0.2) is 8.93 Å². The maximum atomic E-state index is 12.3. The minimum Gasteiger partial charge on any atom is -0.503 e. The van der Waals surface area contributed by atoms with Crippen LogP contribution >= 0.6 is 11.6 Å². The second-order valence-electron chi connectivity index (χ2n) is 5.93. The van der Waals surface area contributed by atoms with Crippen molar-refractivity contribution in [3.63, 3.8) is 0 Å². The van der Waals surface area contributed by atoms with Crippen molar-refractivity contribution in [3.8, 4) is 5.75 Å². The van der Waals surface area contributed by atoms with Crippen LogP contribution in [0.15, 0.2) is 40.0 Å². The molecule has 0 fully saturated rings. The molecule has 140 valence electrons. The number of carbonyl (C=O) groups is 1. The van der Waals surface area contributed by atoms with Gasteiger partial charge in [-0.15, -0.1) is 0 Å². The maximum Gasteiger partial charge on any atom is 0.272 e. The third-order valence-corrected chi connectivity index (χ3v) is 4.87. The van der Waals surface area contributed by atoms with Gasteiger partial charge in [0, 0.05) is 36.4 Å². The molecule has 2 rings (SSSR count). The first-order chi connectivity index (χ1) is 12.2. The van der Waals surface area contributed by atoms with Gasteiger partial charge in [0.1, 0.15) is 11.0 Å². The highest BCUT2D eigenvalue weighted by Gasteiger charge is 2.20. The lowest BCUT2D eigenvalue weighted by Gasteiger charge is -2.17. The molecule has 1 aromatic heterocycles. The van der Waals surface area contributed by atoms with E-state index in [9.17, 15) is 18.9 Å². The highest BCUT2D eigenvalue weighted by Crippen LogP contribution is 2.15. The number of hydrogen-bond acceptors (Lipinski definition) is 4. The van der Waals surface area contributed by atoms with Gasteiger partial charge in [-0.05, 0) is 32.0 Å². The fourth-order valence-corrected chi connectivity index (χ4v) is 3.44. The number of benzene rings is 1. The van der Waals surface area contributed by atoms with E-state index >= 15 is 0 Å². The fraction of sp³-hybridized carbons (Fsp3) is 0.294. The van der Waals surface area contributed by atoms with Crippen LogP contribution in [0.4, 0.5) is 0 Å². The van der Waals surface area contributed by atoms with Crippen LogP contribution in [0.3, 0.4) is 0 Å². The Labute approximate surface area is 158 Å². The minimum atomic E-state index is -1.55. The molecule has 0 aliphatic heterocycles. The largest absolute Gasteiger partial charge is 0.503 e. The Kier molecular flexibility index (Phi) is 6.57. The van der Waals surface area contributed by atoms with Gasteiger partial charge in [-0.1, -0.05) is 17.7 Å². The van der Waals surface area contributed by atoms with Crippen LogP contribution in [-0.4, -0.2) is 25.8 Å². The minimum absolute atomic E-state index is 0.0487. The molecule has 1 heterocycles. The molecular formula is C17H20ClN3O4S. The molecule has 0 bridgehead atoms. The van der Waals surface area contributed by atoms with Gasteiger partial charge in [0.25, 0.3) is 5.91 Å². The van der Waals surface area contributed by atoms with Crippen molar-refractivity contribution in [2.75, 3.05) is 0 Å². The summed E-state index contributed by atoms with van der Waals surface area (Å²) in [5.41, 5.74) is -0.420. The lowest BCUT2D eigenvalue weighted by Crippen LogP contribution is -2.34. The summed E-state index contributed by atoms with van der Waals surface area (Å²) in [7, 11) is -0.00439. The number of nitrogens with one attached hydrogen (secondary N) is 2. The number of halogens is 1. The van der Waals surface area contributed by atoms with Crippen molar-refractivity contribution in [3.05, 3.63) is 57.0 Å². The van der Waals surface area contributed by atoms with Gasteiger partial charge in [-0.2, -0.15) is 0 Å². The van der Waals surface area contributed by atoms with Gasteiger partial charge in [0.15, 0.2) is 11.4 Å². The van der Waals surface area contributed by atoms with E-state index in [4.69, 9.17) is 11.6 Å². The van der Waals surface area contributed by atoms with Gasteiger partial charge in [0.05, 0.1) is 4.90 Å². The number of amides is 1. The molecule has 1 atom stereocenters. The lowest BCUT2D eigenvalue weighted by molar-refractivity contribution is 0.0930. The van der Waals surface area contributed by atoms with E-state index < -0.39 is 28.1 Å². The Balaban J connectivity index is 2.27. The number of nitrogens with zero attached hydrogens (tertiary/aromatic N) is 1. The zero-order valence-electron chi connectivity index (χ0n) is 14.6. The summed E-state index contributed by atoms with van der Waals surface area (Å²) >= 11 is 5.89. The number of aromatic nitrogens is 1. The van der Waals surface area contributed by atoms with Gasteiger partial charge < -0.3 is 15.0 Å². The van der Waals surface area contributed by atoms with Crippen molar-refractivity contribution < 1.29 is 14.1 Å². The first-order valence-electron chi connectivity index (χ1n) is 7.84. The topological polar surface area (TPSA) is 100 Å². The highest BCUT2D eigenvalue weighted by molar-refractivity contribution is 7.83. The molecule has 0 saturated heterocycles. The Morgan fingerprint density at radius 2 is 2.04 bits per heavy atom. The molecule has 0 aliphatic carbocycles. The maximum absolute atomic E-state index is 12.3. The van der Waals surface area contributed by atoms with Crippen LogP contribution in [0, 0.1) is 0 Å². The molecular weight excluding hydrogens is 378 g/mol. The van der Waals surface area contributed by atoms with E-state index in [1.807, 2.05) is 0 Å². The van der Waals surface area contributed by atoms with Crippen molar-refractivity contribution >= 4 is 28.5 Å². The molecule has 9 heteroatoms. The van der Waals surface area contributed by atoms with E-state index in [0.29, 0.717) is 15.6 Å². The third-order valence-electron chi connectivity index (χ3n) is 3.55. The molecule has 1 unspecified atom stereocenters. The molecule has 7 nitrogen and oxygen atoms in total. The highest BCUT2D eigenvalue weighted by atomic mass is 35.5. The van der Waals surface area contributed by atoms with Crippen LogP contribution in [0.25, 0.3) is 0 Å². The van der Waals surface area contributed by atoms with E-state index in [0.717, 1.165) is 0 Å².